The molecule has 27 heavy (non-hydrogen) atoms. The minimum atomic E-state index is -0.300. The van der Waals surface area contributed by atoms with Crippen LogP contribution >= 0.6 is 0 Å². The maximum absolute atomic E-state index is 13.1. The molecule has 4 rings (SSSR count). The van der Waals surface area contributed by atoms with Crippen molar-refractivity contribution in [2.75, 3.05) is 19.7 Å². The van der Waals surface area contributed by atoms with Gasteiger partial charge in [-0.3, -0.25) is 9.48 Å². The Hall–Kier alpha value is -2.99. The zero-order valence-electron chi connectivity index (χ0n) is 15.0. The van der Waals surface area contributed by atoms with Crippen LogP contribution < -0.4 is 0 Å². The number of aryl methyl sites for hydroxylation is 1. The molecule has 1 aliphatic rings. The molecule has 1 saturated heterocycles. The van der Waals surface area contributed by atoms with Crippen molar-refractivity contribution in [2.24, 2.45) is 7.05 Å². The highest BCUT2D eigenvalue weighted by molar-refractivity contribution is 5.93. The first-order valence-corrected chi connectivity index (χ1v) is 8.87. The summed E-state index contributed by atoms with van der Waals surface area (Å²) in [6, 6.07) is 17.8. The van der Waals surface area contributed by atoms with Gasteiger partial charge < -0.3 is 9.64 Å². The van der Waals surface area contributed by atoms with E-state index >= 15 is 0 Å². The van der Waals surface area contributed by atoms with Crippen LogP contribution in [0.5, 0.6) is 0 Å². The zero-order chi connectivity index (χ0) is 18.8. The largest absolute Gasteiger partial charge is 0.370 e. The summed E-state index contributed by atoms with van der Waals surface area (Å²) in [6.07, 6.45) is -0.131. The first-order chi connectivity index (χ1) is 13.1. The van der Waals surface area contributed by atoms with Crippen molar-refractivity contribution in [1.29, 1.82) is 0 Å². The molecule has 0 radical (unpaired) electrons. The van der Waals surface area contributed by atoms with Crippen molar-refractivity contribution in [2.45, 2.75) is 6.10 Å². The number of hydrogen-bond acceptors (Lipinski definition) is 3. The van der Waals surface area contributed by atoms with Crippen LogP contribution in [0.1, 0.15) is 22.2 Å². The smallest absolute Gasteiger partial charge is 0.272 e. The summed E-state index contributed by atoms with van der Waals surface area (Å²) in [7, 11) is 1.75. The zero-order valence-corrected chi connectivity index (χ0v) is 15.0. The van der Waals surface area contributed by atoms with Gasteiger partial charge in [0.2, 0.25) is 0 Å². The lowest BCUT2D eigenvalue weighted by atomic mass is 10.1. The van der Waals surface area contributed by atoms with Gasteiger partial charge in [-0.25, -0.2) is 4.39 Å². The predicted molar refractivity (Wildman–Crippen MR) is 99.6 cm³/mol. The van der Waals surface area contributed by atoms with Crippen LogP contribution in [-0.4, -0.2) is 40.3 Å². The molecule has 0 bridgehead atoms. The third kappa shape index (κ3) is 3.61. The average Bonchev–Trinajstić information content (AvgIpc) is 3.10. The van der Waals surface area contributed by atoms with Crippen LogP contribution in [0.25, 0.3) is 11.3 Å². The van der Waals surface area contributed by atoms with E-state index in [1.807, 2.05) is 30.3 Å². The van der Waals surface area contributed by atoms with Gasteiger partial charge in [0.25, 0.3) is 5.91 Å². The molecule has 5 nitrogen and oxygen atoms in total. The van der Waals surface area contributed by atoms with E-state index in [1.54, 1.807) is 34.8 Å². The van der Waals surface area contributed by atoms with Crippen molar-refractivity contribution in [3.8, 4) is 11.3 Å². The second kappa shape index (κ2) is 7.32. The van der Waals surface area contributed by atoms with E-state index in [0.717, 1.165) is 11.1 Å². The van der Waals surface area contributed by atoms with E-state index in [9.17, 15) is 9.18 Å². The maximum atomic E-state index is 13.1. The quantitative estimate of drug-likeness (QED) is 0.714. The highest BCUT2D eigenvalue weighted by Gasteiger charge is 2.28. The van der Waals surface area contributed by atoms with Crippen molar-refractivity contribution in [3.63, 3.8) is 0 Å². The number of morpholine rings is 1. The molecule has 0 N–H and O–H groups in total. The molecule has 1 aliphatic heterocycles. The SMILES string of the molecule is Cn1nc(-c2ccc(F)cc2)cc1C(=O)N1CCO[C@H](c2ccccc2)C1. The van der Waals surface area contributed by atoms with Crippen molar-refractivity contribution in [1.82, 2.24) is 14.7 Å². The summed E-state index contributed by atoms with van der Waals surface area (Å²) in [5.41, 5.74) is 2.99. The highest BCUT2D eigenvalue weighted by Crippen LogP contribution is 2.24. The Kier molecular flexibility index (Phi) is 4.73. The van der Waals surface area contributed by atoms with Crippen LogP contribution in [0.15, 0.2) is 60.7 Å². The monoisotopic (exact) mass is 365 g/mol. The predicted octanol–water partition coefficient (Wildman–Crippen LogP) is 3.44. The summed E-state index contributed by atoms with van der Waals surface area (Å²) in [5.74, 6) is -0.381. The summed E-state index contributed by atoms with van der Waals surface area (Å²) in [6.45, 7) is 1.53. The van der Waals surface area contributed by atoms with Crippen molar-refractivity contribution in [3.05, 3.63) is 77.7 Å². The van der Waals surface area contributed by atoms with Gasteiger partial charge in [0.05, 0.1) is 18.8 Å². The van der Waals surface area contributed by atoms with Crippen LogP contribution in [0.4, 0.5) is 4.39 Å². The molecule has 2 aromatic carbocycles. The fraction of sp³-hybridized carbons (Fsp3) is 0.238. The standard InChI is InChI=1S/C21H20FN3O2/c1-24-19(13-18(23-24)15-7-9-17(22)10-8-15)21(26)25-11-12-27-20(14-25)16-5-3-2-4-6-16/h2-10,13,20H,11-12,14H2,1H3/t20-/m0/s1. The van der Waals surface area contributed by atoms with E-state index in [2.05, 4.69) is 5.10 Å². The van der Waals surface area contributed by atoms with E-state index in [1.165, 1.54) is 12.1 Å². The number of rotatable bonds is 3. The number of hydrogen-bond donors (Lipinski definition) is 0. The Balaban J connectivity index is 1.55. The third-order valence-corrected chi connectivity index (χ3v) is 4.76. The molecule has 0 spiro atoms. The maximum Gasteiger partial charge on any atom is 0.272 e. The molecular weight excluding hydrogens is 345 g/mol. The molecule has 138 valence electrons. The third-order valence-electron chi connectivity index (χ3n) is 4.76. The van der Waals surface area contributed by atoms with Crippen molar-refractivity contribution >= 4 is 5.91 Å². The second-order valence-corrected chi connectivity index (χ2v) is 6.57. The lowest BCUT2D eigenvalue weighted by Gasteiger charge is -2.33. The molecule has 0 unspecified atom stereocenters. The minimum absolute atomic E-state index is 0.0809. The molecular formula is C21H20FN3O2. The first-order valence-electron chi connectivity index (χ1n) is 8.87. The lowest BCUT2D eigenvalue weighted by molar-refractivity contribution is -0.0231. The fourth-order valence-electron chi connectivity index (χ4n) is 3.29. The number of carbonyl (C=O) groups excluding carboxylic acids is 1. The van der Waals surface area contributed by atoms with Gasteiger partial charge in [-0.1, -0.05) is 30.3 Å². The summed E-state index contributed by atoms with van der Waals surface area (Å²) < 4.78 is 20.6. The second-order valence-electron chi connectivity index (χ2n) is 6.57. The minimum Gasteiger partial charge on any atom is -0.370 e. The summed E-state index contributed by atoms with van der Waals surface area (Å²) in [5, 5.41) is 4.42. The Labute approximate surface area is 157 Å². The van der Waals surface area contributed by atoms with Gasteiger partial charge in [-0.05, 0) is 35.9 Å². The van der Waals surface area contributed by atoms with E-state index < -0.39 is 0 Å². The number of aromatic nitrogens is 2. The van der Waals surface area contributed by atoms with Gasteiger partial charge in [-0.2, -0.15) is 5.10 Å². The van der Waals surface area contributed by atoms with Crippen LogP contribution in [-0.2, 0) is 11.8 Å². The number of carbonyl (C=O) groups is 1. The molecule has 1 atom stereocenters. The Morgan fingerprint density at radius 3 is 2.63 bits per heavy atom. The first kappa shape index (κ1) is 17.4. The van der Waals surface area contributed by atoms with Gasteiger partial charge in [-0.15, -0.1) is 0 Å². The van der Waals surface area contributed by atoms with E-state index in [4.69, 9.17) is 4.74 Å². The van der Waals surface area contributed by atoms with E-state index in [-0.39, 0.29) is 17.8 Å². The number of amides is 1. The molecule has 3 aromatic rings. The highest BCUT2D eigenvalue weighted by atomic mass is 19.1. The van der Waals surface area contributed by atoms with Crippen LogP contribution in [0, 0.1) is 5.82 Å². The lowest BCUT2D eigenvalue weighted by Crippen LogP contribution is -2.42. The van der Waals surface area contributed by atoms with Gasteiger partial charge in [0.15, 0.2) is 0 Å². The van der Waals surface area contributed by atoms with Crippen LogP contribution in [0.3, 0.4) is 0 Å². The molecule has 0 aliphatic carbocycles. The normalized spacial score (nSPS) is 17.1. The van der Waals surface area contributed by atoms with E-state index in [0.29, 0.717) is 31.1 Å². The number of nitrogens with zero attached hydrogens (tertiary/aromatic N) is 3. The fourth-order valence-corrected chi connectivity index (χ4v) is 3.29. The molecule has 6 heteroatoms. The topological polar surface area (TPSA) is 47.4 Å². The summed E-state index contributed by atoms with van der Waals surface area (Å²) in [4.78, 5) is 14.8. The molecule has 1 fully saturated rings. The Morgan fingerprint density at radius 1 is 1.15 bits per heavy atom. The Bertz CT molecular complexity index is 938. The Morgan fingerprint density at radius 2 is 1.89 bits per heavy atom. The van der Waals surface area contributed by atoms with Gasteiger partial charge in [0, 0.05) is 19.2 Å². The molecule has 1 aromatic heterocycles. The summed E-state index contributed by atoms with van der Waals surface area (Å²) >= 11 is 0. The number of ether oxygens (including phenoxy) is 1. The van der Waals surface area contributed by atoms with Gasteiger partial charge >= 0.3 is 0 Å². The molecule has 1 amide bonds. The van der Waals surface area contributed by atoms with Crippen molar-refractivity contribution < 1.29 is 13.9 Å². The van der Waals surface area contributed by atoms with Crippen LogP contribution in [0.2, 0.25) is 0 Å². The molecule has 0 saturated carbocycles. The number of halogens is 1. The average molecular weight is 365 g/mol. The van der Waals surface area contributed by atoms with Gasteiger partial charge in [0.1, 0.15) is 17.6 Å². The molecule has 2 heterocycles. The number of benzene rings is 2.